The van der Waals surface area contributed by atoms with Gasteiger partial charge in [-0.15, -0.1) is 0 Å². The van der Waals surface area contributed by atoms with E-state index in [0.29, 0.717) is 31.1 Å². The van der Waals surface area contributed by atoms with Crippen LogP contribution in [0.1, 0.15) is 85.1 Å². The third-order valence-corrected chi connectivity index (χ3v) is 16.0. The molecule has 4 aromatic carbocycles. The van der Waals surface area contributed by atoms with Gasteiger partial charge in [0.2, 0.25) is 17.7 Å². The monoisotopic (exact) mass is 991 g/mol. The molecule has 18 heteroatoms. The fraction of sp³-hybridized carbons (Fsp3) is 0.453. The number of anilines is 1. The molecule has 15 nitrogen and oxygen atoms in total. The molecule has 2 unspecified atom stereocenters. The van der Waals surface area contributed by atoms with Gasteiger partial charge in [0, 0.05) is 112 Å². The predicted molar refractivity (Wildman–Crippen MR) is 265 cm³/mol. The molecule has 5 aromatic rings. The van der Waals surface area contributed by atoms with Crippen LogP contribution in [0.4, 0.5) is 19.3 Å². The summed E-state index contributed by atoms with van der Waals surface area (Å²) in [6.45, 7) is 9.74. The number of nitrogens with one attached hydrogen (secondary N) is 3. The van der Waals surface area contributed by atoms with E-state index in [1.807, 2.05) is 55.5 Å². The molecule has 4 fully saturated rings. The van der Waals surface area contributed by atoms with Crippen LogP contribution >= 0.6 is 11.6 Å². The van der Waals surface area contributed by atoms with Crippen LogP contribution in [0.25, 0.3) is 22.2 Å². The molecule has 0 radical (unpaired) electrons. The number of likely N-dealkylation sites (tertiary alicyclic amines) is 1. The number of benzene rings is 4. The van der Waals surface area contributed by atoms with Crippen LogP contribution in [0.15, 0.2) is 66.7 Å². The summed E-state index contributed by atoms with van der Waals surface area (Å²) in [6, 6.07) is 18.9. The van der Waals surface area contributed by atoms with Gasteiger partial charge < -0.3 is 35.3 Å². The van der Waals surface area contributed by atoms with Crippen molar-refractivity contribution in [3.05, 3.63) is 106 Å². The second kappa shape index (κ2) is 20.2. The minimum absolute atomic E-state index is 0.000656. The fourth-order valence-corrected chi connectivity index (χ4v) is 11.9. The summed E-state index contributed by atoms with van der Waals surface area (Å²) in [5.74, 6) is -1.68. The molecule has 5 heterocycles. The van der Waals surface area contributed by atoms with Gasteiger partial charge in [-0.25, -0.2) is 18.6 Å². The number of nitrogens with two attached hydrogens (primary N) is 1. The van der Waals surface area contributed by atoms with Crippen LogP contribution in [-0.4, -0.2) is 120 Å². The lowest BCUT2D eigenvalue weighted by Gasteiger charge is -2.40. The van der Waals surface area contributed by atoms with Crippen LogP contribution in [0.3, 0.4) is 0 Å². The van der Waals surface area contributed by atoms with Crippen molar-refractivity contribution >= 4 is 52.1 Å². The van der Waals surface area contributed by atoms with Gasteiger partial charge in [-0.3, -0.25) is 29.5 Å². The van der Waals surface area contributed by atoms with Gasteiger partial charge in [-0.1, -0.05) is 48.9 Å². The van der Waals surface area contributed by atoms with E-state index in [0.717, 1.165) is 112 Å². The number of methoxy groups -OCH3 is 1. The van der Waals surface area contributed by atoms with Crippen molar-refractivity contribution in [2.45, 2.75) is 76.0 Å². The van der Waals surface area contributed by atoms with Crippen LogP contribution in [0.5, 0.6) is 11.5 Å². The van der Waals surface area contributed by atoms with Crippen molar-refractivity contribution in [3.63, 3.8) is 0 Å². The third-order valence-electron chi connectivity index (χ3n) is 15.6. The Morgan fingerprint density at radius 3 is 2.35 bits per heavy atom. The summed E-state index contributed by atoms with van der Waals surface area (Å²) in [5.41, 5.74) is 7.99. The van der Waals surface area contributed by atoms with E-state index >= 15 is 8.78 Å². The van der Waals surface area contributed by atoms with Crippen molar-refractivity contribution in [2.24, 2.45) is 17.6 Å². The number of ether oxygens (including phenoxy) is 2. The number of halogens is 3. The molecule has 71 heavy (non-hydrogen) atoms. The summed E-state index contributed by atoms with van der Waals surface area (Å²) in [5, 5.41) is 5.78. The predicted octanol–water partition coefficient (Wildman–Crippen LogP) is 7.31. The van der Waals surface area contributed by atoms with E-state index in [1.165, 1.54) is 25.3 Å². The quantitative estimate of drug-likeness (QED) is 0.0936. The Morgan fingerprint density at radius 2 is 1.65 bits per heavy atom. The Labute approximate surface area is 416 Å². The van der Waals surface area contributed by atoms with Crippen molar-refractivity contribution in [1.82, 2.24) is 35.3 Å². The van der Waals surface area contributed by atoms with E-state index in [9.17, 15) is 19.2 Å². The first-order valence-corrected chi connectivity index (χ1v) is 25.2. The van der Waals surface area contributed by atoms with Crippen LogP contribution in [0.2, 0.25) is 5.02 Å². The number of rotatable bonds is 13. The smallest absolute Gasteiger partial charge is 0.328 e. The molecule has 1 aromatic heterocycles. The molecule has 2 atom stereocenters. The van der Waals surface area contributed by atoms with Crippen molar-refractivity contribution in [2.75, 3.05) is 70.9 Å². The molecule has 5 aliphatic rings. The number of H-pyrrole nitrogens is 1. The van der Waals surface area contributed by atoms with Gasteiger partial charge in [0.15, 0.2) is 17.2 Å². The number of nitrogens with zero attached hydrogens (tertiary/aromatic N) is 5. The maximum absolute atomic E-state index is 16.2. The number of piperidine rings is 1. The average Bonchev–Trinajstić information content (AvgIpc) is 3.91. The van der Waals surface area contributed by atoms with Gasteiger partial charge in [0.25, 0.3) is 0 Å². The largest absolute Gasteiger partial charge is 0.494 e. The van der Waals surface area contributed by atoms with Crippen molar-refractivity contribution < 1.29 is 37.4 Å². The standard InChI is InChI=1S/C53H60ClF2N9O6/c1-31-45-42(27-38(55)48(54)47(45)46-37(50(57)67)13-15-41(70-2)49(46)56)71-53(31,34-6-4-3-5-7-34)30-58-35-10-8-33(9-11-35)51(68)64-19-16-32(17-20-64)28-62-22-24-63(25-23-62)29-43-59-39-14-12-36(26-40(39)60-43)65-21-18-44(66)61-52(65)69/h3-7,12-15,26-27,31-33,35,58H,8-11,16-25,28-30H2,1-2H3,(H2,57,67)(H,59,60)(H,61,66,69). The van der Waals surface area contributed by atoms with E-state index in [4.69, 9.17) is 31.8 Å². The molecule has 10 rings (SSSR count). The summed E-state index contributed by atoms with van der Waals surface area (Å²) in [7, 11) is 1.30. The summed E-state index contributed by atoms with van der Waals surface area (Å²) < 4.78 is 44.1. The van der Waals surface area contributed by atoms with Crippen LogP contribution in [0, 0.1) is 23.5 Å². The maximum atomic E-state index is 16.2. The van der Waals surface area contributed by atoms with Crippen LogP contribution in [-0.2, 0) is 21.7 Å². The number of carbonyl (C=O) groups excluding carboxylic acids is 4. The molecule has 0 bridgehead atoms. The third kappa shape index (κ3) is 9.56. The Kier molecular flexibility index (Phi) is 13.8. The Balaban J connectivity index is 0.709. The first kappa shape index (κ1) is 48.5. The fourth-order valence-electron chi connectivity index (χ4n) is 11.6. The molecule has 1 saturated carbocycles. The molecule has 5 N–H and O–H groups in total. The zero-order valence-electron chi connectivity index (χ0n) is 40.1. The number of carbonyl (C=O) groups is 4. The number of amides is 5. The number of urea groups is 1. The van der Waals surface area contributed by atoms with E-state index in [2.05, 4.69) is 30.3 Å². The Morgan fingerprint density at radius 1 is 0.915 bits per heavy atom. The number of imidazole rings is 1. The number of aromatic nitrogens is 2. The van der Waals surface area contributed by atoms with Gasteiger partial charge in [-0.05, 0) is 80.3 Å². The molecular weight excluding hydrogens is 932 g/mol. The second-order valence-electron chi connectivity index (χ2n) is 19.8. The normalized spacial score (nSPS) is 23.4. The summed E-state index contributed by atoms with van der Waals surface area (Å²) in [6.07, 6.45) is 5.39. The zero-order chi connectivity index (χ0) is 49.6. The lowest BCUT2D eigenvalue weighted by atomic mass is 9.77. The number of hydrogen-bond donors (Lipinski definition) is 4. The van der Waals surface area contributed by atoms with E-state index in [1.54, 1.807) is 4.90 Å². The summed E-state index contributed by atoms with van der Waals surface area (Å²) in [4.78, 5) is 67.5. The second-order valence-corrected chi connectivity index (χ2v) is 20.2. The first-order chi connectivity index (χ1) is 34.3. The molecule has 0 spiro atoms. The highest BCUT2D eigenvalue weighted by molar-refractivity contribution is 6.34. The molecule has 5 amide bonds. The number of aromatic amines is 1. The van der Waals surface area contributed by atoms with Gasteiger partial charge >= 0.3 is 6.03 Å². The van der Waals surface area contributed by atoms with E-state index in [-0.39, 0.29) is 63.4 Å². The molecule has 4 aliphatic heterocycles. The van der Waals surface area contributed by atoms with Crippen LogP contribution < -0.4 is 30.7 Å². The van der Waals surface area contributed by atoms with Gasteiger partial charge in [0.05, 0.1) is 35.3 Å². The molecular formula is C53H60ClF2N9O6. The minimum atomic E-state index is -1.06. The first-order valence-electron chi connectivity index (χ1n) is 24.8. The van der Waals surface area contributed by atoms with Crippen molar-refractivity contribution in [1.29, 1.82) is 0 Å². The maximum Gasteiger partial charge on any atom is 0.328 e. The van der Waals surface area contributed by atoms with Crippen molar-refractivity contribution in [3.8, 4) is 22.6 Å². The zero-order valence-corrected chi connectivity index (χ0v) is 40.8. The molecule has 374 valence electrons. The lowest BCUT2D eigenvalue weighted by molar-refractivity contribution is -0.138. The molecule has 1 aliphatic carbocycles. The number of fused-ring (bicyclic) bond motifs is 2. The number of primary amides is 1. The molecule has 3 saturated heterocycles. The lowest BCUT2D eigenvalue weighted by Crippen LogP contribution is -2.50. The number of imide groups is 1. The number of hydrogen-bond acceptors (Lipinski definition) is 10. The van der Waals surface area contributed by atoms with E-state index < -0.39 is 35.1 Å². The van der Waals surface area contributed by atoms with Gasteiger partial charge in [0.1, 0.15) is 17.4 Å². The highest BCUT2D eigenvalue weighted by Crippen LogP contribution is 2.56. The average molecular weight is 993 g/mol. The minimum Gasteiger partial charge on any atom is -0.494 e. The highest BCUT2D eigenvalue weighted by Gasteiger charge is 2.50. The Hall–Kier alpha value is -6.14. The SMILES string of the molecule is COc1ccc(C(N)=O)c(-c2c(Cl)c(F)cc3c2C(C)C(CNC2CCC(C(=O)N4CCC(CN5CCN(Cc6nc7ccc(N8CCC(=O)NC8=O)cc7[nH]6)CC5)CC4)CC2)(c2ccccc2)O3)c1F. The summed E-state index contributed by atoms with van der Waals surface area (Å²) >= 11 is 6.70. The Bertz CT molecular complexity index is 2840. The van der Waals surface area contributed by atoms with Gasteiger partial charge in [-0.2, -0.15) is 0 Å². The highest BCUT2D eigenvalue weighted by atomic mass is 35.5. The topological polar surface area (TPSA) is 178 Å². The number of piperazine rings is 1.